The highest BCUT2D eigenvalue weighted by molar-refractivity contribution is 7.73. The summed E-state index contributed by atoms with van der Waals surface area (Å²) in [6.45, 7) is 3.73. The van der Waals surface area contributed by atoms with Crippen LogP contribution in [0.25, 0.3) is 0 Å². The van der Waals surface area contributed by atoms with Crippen LogP contribution in [-0.2, 0) is 0 Å². The first-order chi connectivity index (χ1) is 8.88. The van der Waals surface area contributed by atoms with Crippen molar-refractivity contribution >= 4 is 18.5 Å². The van der Waals surface area contributed by atoms with Crippen LogP contribution in [0.1, 0.15) is 11.1 Å². The Morgan fingerprint density at radius 2 is 1.00 bits per heavy atom. The Bertz CT molecular complexity index is 496. The van der Waals surface area contributed by atoms with Crippen LogP contribution in [0.3, 0.4) is 0 Å². The van der Waals surface area contributed by atoms with Crippen molar-refractivity contribution in [1.82, 2.24) is 0 Å². The molecule has 2 aromatic carbocycles. The van der Waals surface area contributed by atoms with Crippen LogP contribution in [0, 0.1) is 13.8 Å². The van der Waals surface area contributed by atoms with Gasteiger partial charge in [0.25, 0.3) is 0 Å². The van der Waals surface area contributed by atoms with Crippen molar-refractivity contribution in [2.45, 2.75) is 19.8 Å². The summed E-state index contributed by atoms with van der Waals surface area (Å²) in [5.74, 6) is -4.22. The molecule has 0 radical (unpaired) electrons. The zero-order valence-corrected chi connectivity index (χ0v) is 11.6. The minimum absolute atomic E-state index is 0.344. The van der Waals surface area contributed by atoms with E-state index in [2.05, 4.69) is 0 Å². The maximum atomic E-state index is 13.3. The zero-order valence-electron chi connectivity index (χ0n) is 10.7. The average molecular weight is 282 g/mol. The highest BCUT2D eigenvalue weighted by Gasteiger charge is 2.41. The molecule has 0 heterocycles. The normalized spacial score (nSPS) is 11.9. The Hall–Kier alpha value is -1.34. The fourth-order valence-corrected chi connectivity index (χ4v) is 3.61. The predicted molar refractivity (Wildman–Crippen MR) is 74.6 cm³/mol. The molecule has 0 unspecified atom stereocenters. The summed E-state index contributed by atoms with van der Waals surface area (Å²) >= 11 is 0. The number of aryl methyl sites for hydroxylation is 2. The molecule has 2 rings (SSSR count). The van der Waals surface area contributed by atoms with E-state index < -0.39 is 13.8 Å². The molecule has 4 heteroatoms. The molecule has 0 saturated carbocycles. The van der Waals surface area contributed by atoms with E-state index in [1.807, 2.05) is 13.8 Å². The van der Waals surface area contributed by atoms with Gasteiger partial charge in [0.1, 0.15) is 0 Å². The Kier molecular flexibility index (Phi) is 3.96. The topological polar surface area (TPSA) is 0 Å². The molecule has 0 bridgehead atoms. The van der Waals surface area contributed by atoms with Crippen molar-refractivity contribution in [3.05, 3.63) is 59.7 Å². The lowest BCUT2D eigenvalue weighted by molar-refractivity contribution is -0.0379. The van der Waals surface area contributed by atoms with Crippen LogP contribution in [0.15, 0.2) is 48.5 Å². The van der Waals surface area contributed by atoms with Gasteiger partial charge in [-0.2, -0.15) is 13.2 Å². The van der Waals surface area contributed by atoms with E-state index >= 15 is 0 Å². The third-order valence-corrected chi connectivity index (χ3v) is 4.97. The van der Waals surface area contributed by atoms with Gasteiger partial charge in [-0.05, 0) is 24.5 Å². The van der Waals surface area contributed by atoms with Gasteiger partial charge in [0.2, 0.25) is 0 Å². The molecule has 2 aromatic rings. The maximum Gasteiger partial charge on any atom is 0.413 e. The van der Waals surface area contributed by atoms with Gasteiger partial charge in [-0.3, -0.25) is 0 Å². The largest absolute Gasteiger partial charge is 0.413 e. The van der Waals surface area contributed by atoms with Crippen molar-refractivity contribution in [3.63, 3.8) is 0 Å². The highest BCUT2D eigenvalue weighted by Crippen LogP contribution is 2.51. The van der Waals surface area contributed by atoms with Crippen LogP contribution >= 0.6 is 7.92 Å². The molecule has 0 aliphatic rings. The number of hydrogen-bond acceptors (Lipinski definition) is 0. The summed E-state index contributed by atoms with van der Waals surface area (Å²) in [5, 5.41) is 0.689. The first-order valence-electron chi connectivity index (χ1n) is 5.88. The molecule has 0 atom stereocenters. The van der Waals surface area contributed by atoms with Crippen LogP contribution < -0.4 is 10.6 Å². The zero-order chi connectivity index (χ0) is 14.0. The number of halogens is 3. The summed E-state index contributed by atoms with van der Waals surface area (Å²) in [5.41, 5.74) is 1.93. The van der Waals surface area contributed by atoms with E-state index in [4.69, 9.17) is 0 Å². The van der Waals surface area contributed by atoms with Gasteiger partial charge in [-0.25, -0.2) is 0 Å². The van der Waals surface area contributed by atoms with Crippen LogP contribution in [0.2, 0.25) is 0 Å². The standard InChI is InChI=1S/C15H14F3P/c1-11-3-7-13(8-4-11)19(15(16,17)18)14-9-5-12(2)6-10-14/h3-10H,1-2H3. The molecule has 100 valence electrons. The van der Waals surface area contributed by atoms with Gasteiger partial charge in [0.05, 0.1) is 7.92 Å². The van der Waals surface area contributed by atoms with E-state index in [9.17, 15) is 13.2 Å². The smallest absolute Gasteiger partial charge is 0.166 e. The molecule has 0 spiro atoms. The Morgan fingerprint density at radius 3 is 1.26 bits per heavy atom. The van der Waals surface area contributed by atoms with Crippen LogP contribution in [-0.4, -0.2) is 5.92 Å². The predicted octanol–water partition coefficient (Wildman–Crippen LogP) is 4.26. The third-order valence-electron chi connectivity index (χ3n) is 2.84. The lowest BCUT2D eigenvalue weighted by Crippen LogP contribution is -2.23. The quantitative estimate of drug-likeness (QED) is 0.722. The van der Waals surface area contributed by atoms with Crippen molar-refractivity contribution in [1.29, 1.82) is 0 Å². The van der Waals surface area contributed by atoms with Crippen molar-refractivity contribution in [3.8, 4) is 0 Å². The SMILES string of the molecule is Cc1ccc(P(c2ccc(C)cc2)C(F)(F)F)cc1. The molecule has 0 nitrogen and oxygen atoms in total. The fourth-order valence-electron chi connectivity index (χ4n) is 1.83. The molecule has 0 N–H and O–H groups in total. The molecule has 0 aromatic heterocycles. The molecule has 19 heavy (non-hydrogen) atoms. The highest BCUT2D eigenvalue weighted by atomic mass is 31.1. The van der Waals surface area contributed by atoms with Crippen molar-refractivity contribution in [2.24, 2.45) is 0 Å². The number of hydrogen-bond donors (Lipinski definition) is 0. The van der Waals surface area contributed by atoms with E-state index in [0.717, 1.165) is 11.1 Å². The van der Waals surface area contributed by atoms with Gasteiger partial charge in [0.15, 0.2) is 0 Å². The average Bonchev–Trinajstić information content (AvgIpc) is 2.33. The summed E-state index contributed by atoms with van der Waals surface area (Å²) in [4.78, 5) is 0. The van der Waals surface area contributed by atoms with Crippen LogP contribution in [0.5, 0.6) is 0 Å². The first kappa shape index (κ1) is 14.1. The summed E-state index contributed by atoms with van der Waals surface area (Å²) in [6.07, 6.45) is 0. The number of rotatable bonds is 2. The molecule has 0 aliphatic heterocycles. The number of alkyl halides is 3. The minimum Gasteiger partial charge on any atom is -0.166 e. The third kappa shape index (κ3) is 3.36. The van der Waals surface area contributed by atoms with E-state index in [0.29, 0.717) is 10.6 Å². The summed E-state index contributed by atoms with van der Waals surface area (Å²) in [6, 6.07) is 13.2. The molecule has 0 fully saturated rings. The molecular formula is C15H14F3P. The van der Waals surface area contributed by atoms with Gasteiger partial charge in [-0.15, -0.1) is 0 Å². The van der Waals surface area contributed by atoms with Gasteiger partial charge in [-0.1, -0.05) is 59.7 Å². The van der Waals surface area contributed by atoms with Gasteiger partial charge >= 0.3 is 5.92 Å². The molecule has 0 amide bonds. The summed E-state index contributed by atoms with van der Waals surface area (Å²) in [7, 11) is -2.32. The van der Waals surface area contributed by atoms with Crippen molar-refractivity contribution in [2.75, 3.05) is 0 Å². The maximum absolute atomic E-state index is 13.3. The minimum atomic E-state index is -4.22. The lowest BCUT2D eigenvalue weighted by Gasteiger charge is -2.21. The Balaban J connectivity index is 2.47. The molecular weight excluding hydrogens is 268 g/mol. The van der Waals surface area contributed by atoms with E-state index in [1.54, 1.807) is 48.5 Å². The Morgan fingerprint density at radius 1 is 0.684 bits per heavy atom. The van der Waals surface area contributed by atoms with Crippen molar-refractivity contribution < 1.29 is 13.2 Å². The monoisotopic (exact) mass is 282 g/mol. The lowest BCUT2D eigenvalue weighted by atomic mass is 10.2. The van der Waals surface area contributed by atoms with Gasteiger partial charge in [0, 0.05) is 0 Å². The molecule has 0 aliphatic carbocycles. The number of benzene rings is 2. The second-order valence-corrected chi connectivity index (χ2v) is 6.69. The summed E-state index contributed by atoms with van der Waals surface area (Å²) < 4.78 is 40.0. The van der Waals surface area contributed by atoms with Gasteiger partial charge < -0.3 is 0 Å². The van der Waals surface area contributed by atoms with E-state index in [-0.39, 0.29) is 0 Å². The second-order valence-electron chi connectivity index (χ2n) is 4.47. The Labute approximate surface area is 112 Å². The first-order valence-corrected chi connectivity index (χ1v) is 7.22. The van der Waals surface area contributed by atoms with Crippen LogP contribution in [0.4, 0.5) is 13.2 Å². The fraction of sp³-hybridized carbons (Fsp3) is 0.200. The van der Waals surface area contributed by atoms with E-state index in [1.165, 1.54) is 0 Å². The molecule has 0 saturated heterocycles. The second kappa shape index (κ2) is 5.34.